The van der Waals surface area contributed by atoms with Gasteiger partial charge in [-0.05, 0) is 24.6 Å². The summed E-state index contributed by atoms with van der Waals surface area (Å²) < 4.78 is 0. The second-order valence-corrected chi connectivity index (χ2v) is 4.67. The lowest BCUT2D eigenvalue weighted by atomic mass is 9.99. The van der Waals surface area contributed by atoms with Gasteiger partial charge in [0.15, 0.2) is 0 Å². The number of H-pyrrole nitrogens is 1. The first-order chi connectivity index (χ1) is 10.2. The summed E-state index contributed by atoms with van der Waals surface area (Å²) in [6, 6.07) is 13.1. The SMILES string of the molecule is Cc1[nH]nc(-c2ccccc2)c1-c1ccnc(C(=O)O)c1. The number of nitrogens with one attached hydrogen (secondary N) is 1. The van der Waals surface area contributed by atoms with E-state index in [1.165, 1.54) is 6.20 Å². The third kappa shape index (κ3) is 2.41. The Morgan fingerprint density at radius 3 is 2.62 bits per heavy atom. The Morgan fingerprint density at radius 2 is 1.90 bits per heavy atom. The largest absolute Gasteiger partial charge is 0.477 e. The summed E-state index contributed by atoms with van der Waals surface area (Å²) in [4.78, 5) is 14.9. The zero-order valence-electron chi connectivity index (χ0n) is 11.4. The molecule has 0 fully saturated rings. The first kappa shape index (κ1) is 13.1. The van der Waals surface area contributed by atoms with Crippen LogP contribution in [0.3, 0.4) is 0 Å². The molecule has 0 saturated heterocycles. The molecule has 0 unspecified atom stereocenters. The Balaban J connectivity index is 2.17. The van der Waals surface area contributed by atoms with E-state index >= 15 is 0 Å². The maximum absolute atomic E-state index is 11.1. The van der Waals surface area contributed by atoms with Gasteiger partial charge in [0.1, 0.15) is 11.4 Å². The van der Waals surface area contributed by atoms with Gasteiger partial charge in [-0.3, -0.25) is 5.10 Å². The molecule has 2 aromatic heterocycles. The number of carbonyl (C=O) groups is 1. The van der Waals surface area contributed by atoms with Gasteiger partial charge in [0.2, 0.25) is 0 Å². The molecule has 0 aliphatic rings. The Kier molecular flexibility index (Phi) is 3.23. The Bertz CT molecular complexity index is 794. The topological polar surface area (TPSA) is 78.9 Å². The van der Waals surface area contributed by atoms with E-state index in [4.69, 9.17) is 5.11 Å². The van der Waals surface area contributed by atoms with Gasteiger partial charge in [-0.1, -0.05) is 30.3 Å². The fraction of sp³-hybridized carbons (Fsp3) is 0.0625. The van der Waals surface area contributed by atoms with Gasteiger partial charge in [-0.15, -0.1) is 0 Å². The molecule has 0 atom stereocenters. The molecule has 2 N–H and O–H groups in total. The van der Waals surface area contributed by atoms with Crippen LogP contribution in [0.5, 0.6) is 0 Å². The van der Waals surface area contributed by atoms with Crippen LogP contribution in [-0.4, -0.2) is 26.3 Å². The van der Waals surface area contributed by atoms with Crippen LogP contribution in [0.25, 0.3) is 22.4 Å². The molecule has 0 radical (unpaired) electrons. The number of pyridine rings is 1. The summed E-state index contributed by atoms with van der Waals surface area (Å²) in [5, 5.41) is 16.4. The number of benzene rings is 1. The Labute approximate surface area is 121 Å². The first-order valence-electron chi connectivity index (χ1n) is 6.47. The van der Waals surface area contributed by atoms with E-state index in [2.05, 4.69) is 15.2 Å². The zero-order valence-corrected chi connectivity index (χ0v) is 11.4. The first-order valence-corrected chi connectivity index (χ1v) is 6.47. The van der Waals surface area contributed by atoms with Gasteiger partial charge in [-0.2, -0.15) is 5.10 Å². The molecular weight excluding hydrogens is 266 g/mol. The molecule has 0 spiro atoms. The van der Waals surface area contributed by atoms with Crippen LogP contribution in [0, 0.1) is 6.92 Å². The maximum atomic E-state index is 11.1. The van der Waals surface area contributed by atoms with Crippen LogP contribution in [-0.2, 0) is 0 Å². The standard InChI is InChI=1S/C16H13N3O2/c1-10-14(12-7-8-17-13(9-12)16(20)21)15(19-18-10)11-5-3-2-4-6-11/h2-9H,1H3,(H,18,19)(H,20,21). The summed E-state index contributed by atoms with van der Waals surface area (Å²) >= 11 is 0. The molecule has 0 saturated carbocycles. The van der Waals surface area contributed by atoms with Gasteiger partial charge in [0, 0.05) is 23.0 Å². The van der Waals surface area contributed by atoms with E-state index in [0.717, 1.165) is 28.1 Å². The molecule has 0 amide bonds. The minimum Gasteiger partial charge on any atom is -0.477 e. The molecule has 5 nitrogen and oxygen atoms in total. The molecule has 5 heteroatoms. The number of hydrogen-bond acceptors (Lipinski definition) is 3. The number of aromatic amines is 1. The van der Waals surface area contributed by atoms with E-state index in [1.807, 2.05) is 37.3 Å². The Hall–Kier alpha value is -2.95. The van der Waals surface area contributed by atoms with Crippen molar-refractivity contribution in [3.63, 3.8) is 0 Å². The molecule has 0 bridgehead atoms. The van der Waals surface area contributed by atoms with Crippen molar-refractivity contribution in [2.75, 3.05) is 0 Å². The monoisotopic (exact) mass is 279 g/mol. The average Bonchev–Trinajstić information content (AvgIpc) is 2.90. The van der Waals surface area contributed by atoms with Gasteiger partial charge in [0.05, 0.1) is 0 Å². The number of rotatable bonds is 3. The second kappa shape index (κ2) is 5.20. The van der Waals surface area contributed by atoms with Crippen molar-refractivity contribution in [1.29, 1.82) is 0 Å². The normalized spacial score (nSPS) is 10.5. The van der Waals surface area contributed by atoms with Crippen molar-refractivity contribution in [3.05, 3.63) is 60.0 Å². The molecular formula is C16H13N3O2. The van der Waals surface area contributed by atoms with Gasteiger partial charge >= 0.3 is 5.97 Å². The van der Waals surface area contributed by atoms with Crippen molar-refractivity contribution < 1.29 is 9.90 Å². The van der Waals surface area contributed by atoms with Crippen molar-refractivity contribution in [2.45, 2.75) is 6.92 Å². The van der Waals surface area contributed by atoms with Crippen LogP contribution < -0.4 is 0 Å². The summed E-state index contributed by atoms with van der Waals surface area (Å²) in [7, 11) is 0. The molecule has 3 aromatic rings. The highest BCUT2D eigenvalue weighted by Crippen LogP contribution is 2.32. The lowest BCUT2D eigenvalue weighted by Gasteiger charge is -2.05. The summed E-state index contributed by atoms with van der Waals surface area (Å²) in [5.74, 6) is -1.04. The van der Waals surface area contributed by atoms with Crippen molar-refractivity contribution in [3.8, 4) is 22.4 Å². The number of aromatic nitrogens is 3. The fourth-order valence-electron chi connectivity index (χ4n) is 2.29. The van der Waals surface area contributed by atoms with E-state index < -0.39 is 5.97 Å². The van der Waals surface area contributed by atoms with Crippen molar-refractivity contribution in [2.24, 2.45) is 0 Å². The molecule has 0 aliphatic heterocycles. The lowest BCUT2D eigenvalue weighted by molar-refractivity contribution is 0.0690. The van der Waals surface area contributed by atoms with Crippen LogP contribution in [0.2, 0.25) is 0 Å². The maximum Gasteiger partial charge on any atom is 0.354 e. The van der Waals surface area contributed by atoms with Crippen LogP contribution in [0.1, 0.15) is 16.2 Å². The highest BCUT2D eigenvalue weighted by Gasteiger charge is 2.15. The fourth-order valence-corrected chi connectivity index (χ4v) is 2.29. The predicted octanol–water partition coefficient (Wildman–Crippen LogP) is 3.15. The van der Waals surface area contributed by atoms with Gasteiger partial charge in [-0.25, -0.2) is 9.78 Å². The van der Waals surface area contributed by atoms with Crippen LogP contribution >= 0.6 is 0 Å². The quantitative estimate of drug-likeness (QED) is 0.772. The molecule has 2 heterocycles. The predicted molar refractivity (Wildman–Crippen MR) is 79.0 cm³/mol. The number of carboxylic acids is 1. The number of nitrogens with zero attached hydrogens (tertiary/aromatic N) is 2. The third-order valence-corrected chi connectivity index (χ3v) is 3.26. The summed E-state index contributed by atoms with van der Waals surface area (Å²) in [6.07, 6.45) is 1.50. The van der Waals surface area contributed by atoms with Crippen LogP contribution in [0.15, 0.2) is 48.7 Å². The average molecular weight is 279 g/mol. The minimum atomic E-state index is -1.04. The number of aryl methyl sites for hydroxylation is 1. The highest BCUT2D eigenvalue weighted by molar-refractivity contribution is 5.89. The van der Waals surface area contributed by atoms with Gasteiger partial charge in [0.25, 0.3) is 0 Å². The smallest absolute Gasteiger partial charge is 0.354 e. The van der Waals surface area contributed by atoms with Gasteiger partial charge < -0.3 is 5.11 Å². The minimum absolute atomic E-state index is 0.0205. The van der Waals surface area contributed by atoms with E-state index in [0.29, 0.717) is 0 Å². The molecule has 0 aliphatic carbocycles. The zero-order chi connectivity index (χ0) is 14.8. The third-order valence-electron chi connectivity index (χ3n) is 3.26. The van der Waals surface area contributed by atoms with E-state index in [1.54, 1.807) is 12.1 Å². The number of hydrogen-bond donors (Lipinski definition) is 2. The van der Waals surface area contributed by atoms with E-state index in [-0.39, 0.29) is 5.69 Å². The van der Waals surface area contributed by atoms with Crippen molar-refractivity contribution in [1.82, 2.24) is 15.2 Å². The lowest BCUT2D eigenvalue weighted by Crippen LogP contribution is -1.99. The summed E-state index contributed by atoms with van der Waals surface area (Å²) in [6.45, 7) is 1.91. The molecule has 21 heavy (non-hydrogen) atoms. The van der Waals surface area contributed by atoms with E-state index in [9.17, 15) is 4.79 Å². The number of carboxylic acid groups (broad SMARTS) is 1. The Morgan fingerprint density at radius 1 is 1.14 bits per heavy atom. The molecule has 104 valence electrons. The summed E-state index contributed by atoms with van der Waals surface area (Å²) in [5.41, 5.74) is 4.36. The molecule has 3 rings (SSSR count). The second-order valence-electron chi connectivity index (χ2n) is 4.67. The highest BCUT2D eigenvalue weighted by atomic mass is 16.4. The number of aromatic carboxylic acids is 1. The molecule has 1 aromatic carbocycles. The van der Waals surface area contributed by atoms with Crippen LogP contribution in [0.4, 0.5) is 0 Å². The van der Waals surface area contributed by atoms with Crippen molar-refractivity contribution >= 4 is 5.97 Å².